The Bertz CT molecular complexity index is 991. The Morgan fingerprint density at radius 2 is 1.04 bits per heavy atom. The molecule has 26 heavy (non-hydrogen) atoms. The van der Waals surface area contributed by atoms with Gasteiger partial charge in [0.1, 0.15) is 0 Å². The zero-order valence-electron chi connectivity index (χ0n) is 12.7. The molecule has 0 bridgehead atoms. The molecule has 0 radical (unpaired) electrons. The van der Waals surface area contributed by atoms with Crippen LogP contribution in [0, 0.1) is 35.2 Å². The molecule has 0 aliphatic carbocycles. The first-order valence-corrected chi connectivity index (χ1v) is 6.98. The average molecular weight is 411 g/mol. The molecule has 8 heteroatoms. The van der Waals surface area contributed by atoms with E-state index in [0.717, 1.165) is 27.9 Å². The molecule has 0 fully saturated rings. The molecule has 0 aliphatic heterocycles. The fraction of sp³-hybridized carbons (Fsp3) is 0. The standard InChI is InChI=1S/C12H8N2.C6F5.Cu/c1-3-9-5-6-10-4-2-8-14-12(10)11(9)13-7-1;7-2-1-3(8)5(10)6(11)4(2)9;/h1-8H;;/q;-1;+1. The van der Waals surface area contributed by atoms with Crippen molar-refractivity contribution < 1.29 is 39.0 Å². The summed E-state index contributed by atoms with van der Waals surface area (Å²) in [4.78, 5) is 8.69. The molecule has 0 atom stereocenters. The van der Waals surface area contributed by atoms with Crippen LogP contribution in [0.5, 0.6) is 0 Å². The van der Waals surface area contributed by atoms with Gasteiger partial charge in [0.2, 0.25) is 0 Å². The zero-order valence-corrected chi connectivity index (χ0v) is 13.6. The summed E-state index contributed by atoms with van der Waals surface area (Å²) >= 11 is 0. The van der Waals surface area contributed by atoms with Crippen molar-refractivity contribution >= 4 is 21.8 Å². The number of pyridine rings is 2. The predicted octanol–water partition coefficient (Wildman–Crippen LogP) is 4.96. The van der Waals surface area contributed by atoms with Crippen LogP contribution in [0.2, 0.25) is 0 Å². The maximum Gasteiger partial charge on any atom is 1.00 e. The molecule has 0 amide bonds. The molecule has 2 aromatic heterocycles. The van der Waals surface area contributed by atoms with E-state index in [0.29, 0.717) is 0 Å². The second-order valence-electron chi connectivity index (χ2n) is 4.91. The van der Waals surface area contributed by atoms with Crippen molar-refractivity contribution in [1.29, 1.82) is 0 Å². The van der Waals surface area contributed by atoms with Crippen LogP contribution in [-0.4, -0.2) is 9.97 Å². The number of rotatable bonds is 0. The summed E-state index contributed by atoms with van der Waals surface area (Å²) in [6, 6.07) is 13.2. The number of hydrogen-bond donors (Lipinski definition) is 0. The van der Waals surface area contributed by atoms with Crippen molar-refractivity contribution in [2.45, 2.75) is 0 Å². The minimum absolute atomic E-state index is 0. The molecule has 0 N–H and O–H groups in total. The van der Waals surface area contributed by atoms with Gasteiger partial charge in [0.15, 0.2) is 0 Å². The van der Waals surface area contributed by atoms with E-state index in [-0.39, 0.29) is 17.1 Å². The van der Waals surface area contributed by atoms with Crippen LogP contribution in [0.25, 0.3) is 21.8 Å². The van der Waals surface area contributed by atoms with Crippen molar-refractivity contribution in [3.05, 3.63) is 83.9 Å². The molecule has 4 rings (SSSR count). The van der Waals surface area contributed by atoms with E-state index >= 15 is 0 Å². The Morgan fingerprint density at radius 1 is 0.615 bits per heavy atom. The Labute approximate surface area is 155 Å². The van der Waals surface area contributed by atoms with Crippen LogP contribution in [0.15, 0.2) is 48.8 Å². The summed E-state index contributed by atoms with van der Waals surface area (Å²) in [5.41, 5.74) is 1.95. The monoisotopic (exact) mass is 410 g/mol. The van der Waals surface area contributed by atoms with Crippen LogP contribution in [0.1, 0.15) is 0 Å². The molecule has 0 aliphatic rings. The van der Waals surface area contributed by atoms with E-state index in [1.807, 2.05) is 12.1 Å². The van der Waals surface area contributed by atoms with Gasteiger partial charge in [-0.2, -0.15) is 0 Å². The van der Waals surface area contributed by atoms with Crippen LogP contribution >= 0.6 is 0 Å². The molecule has 0 unspecified atom stereocenters. The Kier molecular flexibility index (Phi) is 6.23. The van der Waals surface area contributed by atoms with Gasteiger partial charge >= 0.3 is 17.1 Å². The Balaban J connectivity index is 0.000000186. The van der Waals surface area contributed by atoms with Gasteiger partial charge in [-0.3, -0.25) is 18.7 Å². The van der Waals surface area contributed by atoms with Gasteiger partial charge in [-0.15, -0.1) is 6.07 Å². The maximum atomic E-state index is 12.0. The first-order chi connectivity index (χ1) is 12.0. The average Bonchev–Trinajstić information content (AvgIpc) is 2.65. The topological polar surface area (TPSA) is 25.8 Å². The fourth-order valence-electron chi connectivity index (χ4n) is 2.17. The molecule has 0 spiro atoms. The molecular formula is C18H8CuF5N2. The third-order valence-electron chi connectivity index (χ3n) is 3.33. The summed E-state index contributed by atoms with van der Waals surface area (Å²) in [6.07, 6.45) is 3.60. The van der Waals surface area contributed by atoms with Crippen LogP contribution in [-0.2, 0) is 17.1 Å². The van der Waals surface area contributed by atoms with E-state index < -0.39 is 29.1 Å². The van der Waals surface area contributed by atoms with Crippen molar-refractivity contribution in [3.63, 3.8) is 0 Å². The van der Waals surface area contributed by atoms with Crippen molar-refractivity contribution in [2.75, 3.05) is 0 Å². The van der Waals surface area contributed by atoms with Gasteiger partial charge < -0.3 is 0 Å². The van der Waals surface area contributed by atoms with E-state index in [2.05, 4.69) is 34.2 Å². The van der Waals surface area contributed by atoms with Crippen molar-refractivity contribution in [1.82, 2.24) is 9.97 Å². The number of halogens is 5. The van der Waals surface area contributed by atoms with E-state index in [1.54, 1.807) is 12.4 Å². The van der Waals surface area contributed by atoms with Crippen LogP contribution in [0.3, 0.4) is 0 Å². The zero-order chi connectivity index (χ0) is 18.0. The Hall–Kier alpha value is -2.57. The molecule has 2 aromatic carbocycles. The van der Waals surface area contributed by atoms with Gasteiger partial charge in [0.05, 0.1) is 40.1 Å². The summed E-state index contributed by atoms with van der Waals surface area (Å²) in [7, 11) is 0. The number of nitrogens with zero attached hydrogens (tertiary/aromatic N) is 2. The van der Waals surface area contributed by atoms with Gasteiger partial charge in [-0.1, -0.05) is 24.3 Å². The van der Waals surface area contributed by atoms with E-state index in [4.69, 9.17) is 0 Å². The molecule has 0 saturated heterocycles. The maximum absolute atomic E-state index is 12.0. The van der Waals surface area contributed by atoms with Crippen LogP contribution in [0.4, 0.5) is 22.0 Å². The molecule has 4 aromatic rings. The van der Waals surface area contributed by atoms with Crippen molar-refractivity contribution in [3.8, 4) is 0 Å². The summed E-state index contributed by atoms with van der Waals surface area (Å²) < 4.78 is 59.9. The SMILES string of the molecule is Fc1[c-]c(F)c(F)c(F)c1F.[Cu+].c1cnc2c(c1)ccc1cccnc12. The second-order valence-corrected chi connectivity index (χ2v) is 4.91. The van der Waals surface area contributed by atoms with Gasteiger partial charge in [-0.05, 0) is 12.1 Å². The van der Waals surface area contributed by atoms with E-state index in [1.165, 1.54) is 0 Å². The largest absolute Gasteiger partial charge is 1.00 e. The summed E-state index contributed by atoms with van der Waals surface area (Å²) in [5.74, 6) is -10.0. The third-order valence-corrected chi connectivity index (χ3v) is 3.33. The smallest absolute Gasteiger partial charge is 0.278 e. The third kappa shape index (κ3) is 3.81. The molecule has 2 nitrogen and oxygen atoms in total. The normalized spacial score (nSPS) is 10.2. The molecular weight excluding hydrogens is 403 g/mol. The van der Waals surface area contributed by atoms with Crippen molar-refractivity contribution in [2.24, 2.45) is 0 Å². The summed E-state index contributed by atoms with van der Waals surface area (Å²) in [6.45, 7) is 0. The van der Waals surface area contributed by atoms with Gasteiger partial charge in [0.25, 0.3) is 0 Å². The predicted molar refractivity (Wildman–Crippen MR) is 82.1 cm³/mol. The molecule has 136 valence electrons. The van der Waals surface area contributed by atoms with Gasteiger partial charge in [-0.25, -0.2) is 13.2 Å². The fourth-order valence-corrected chi connectivity index (χ4v) is 2.17. The van der Waals surface area contributed by atoms with Crippen LogP contribution < -0.4 is 0 Å². The quantitative estimate of drug-likeness (QED) is 0.102. The van der Waals surface area contributed by atoms with E-state index in [9.17, 15) is 22.0 Å². The summed E-state index contributed by atoms with van der Waals surface area (Å²) in [5, 5.41) is 2.28. The molecule has 0 saturated carbocycles. The Morgan fingerprint density at radius 3 is 1.46 bits per heavy atom. The minimum Gasteiger partial charge on any atom is -0.278 e. The van der Waals surface area contributed by atoms with Gasteiger partial charge in [0, 0.05) is 23.2 Å². The number of aromatic nitrogens is 2. The first kappa shape index (κ1) is 19.8. The molecule has 2 heterocycles. The number of fused-ring (bicyclic) bond motifs is 3. The second kappa shape index (κ2) is 8.21. The first-order valence-electron chi connectivity index (χ1n) is 6.98. The minimum atomic E-state index is -2.17. The number of benzene rings is 2. The number of hydrogen-bond acceptors (Lipinski definition) is 2.